The quantitative estimate of drug-likeness (QED) is 0.881. The van der Waals surface area contributed by atoms with Crippen LogP contribution in [-0.2, 0) is 4.79 Å². The van der Waals surface area contributed by atoms with E-state index in [1.165, 1.54) is 6.20 Å². The van der Waals surface area contributed by atoms with E-state index in [2.05, 4.69) is 10.3 Å². The summed E-state index contributed by atoms with van der Waals surface area (Å²) in [5, 5.41) is 3.08. The first kappa shape index (κ1) is 14.8. The molecule has 0 atom stereocenters. The summed E-state index contributed by atoms with van der Waals surface area (Å²) in [5.41, 5.74) is 5.29. The molecule has 108 valence electrons. The summed E-state index contributed by atoms with van der Waals surface area (Å²) in [6.45, 7) is -0.302. The monoisotopic (exact) mass is 305 g/mol. The predicted octanol–water partition coefficient (Wildman–Crippen LogP) is 1.85. The zero-order valence-corrected chi connectivity index (χ0v) is 11.6. The second-order valence-corrected chi connectivity index (χ2v) is 4.50. The van der Waals surface area contributed by atoms with Crippen molar-refractivity contribution in [3.63, 3.8) is 0 Å². The molecule has 0 radical (unpaired) electrons. The van der Waals surface area contributed by atoms with Crippen LogP contribution >= 0.6 is 11.6 Å². The third kappa shape index (κ3) is 4.19. The lowest BCUT2D eigenvalue weighted by atomic mass is 10.2. The molecule has 0 unspecified atom stereocenters. The Labute approximate surface area is 125 Å². The fourth-order valence-electron chi connectivity index (χ4n) is 1.56. The summed E-state index contributed by atoms with van der Waals surface area (Å²) in [6.07, 6.45) is 1.42. The van der Waals surface area contributed by atoms with Gasteiger partial charge in [-0.3, -0.25) is 9.59 Å². The van der Waals surface area contributed by atoms with Gasteiger partial charge in [0.05, 0.1) is 10.6 Å². The highest BCUT2D eigenvalue weighted by Gasteiger charge is 2.13. The number of nitrogens with zero attached hydrogens (tertiary/aromatic N) is 1. The van der Waals surface area contributed by atoms with Gasteiger partial charge in [0.25, 0.3) is 11.8 Å². The summed E-state index contributed by atoms with van der Waals surface area (Å²) >= 11 is 5.72. The van der Waals surface area contributed by atoms with Crippen LogP contribution in [0.5, 0.6) is 5.75 Å². The molecule has 7 heteroatoms. The Morgan fingerprint density at radius 3 is 2.67 bits per heavy atom. The fourth-order valence-corrected chi connectivity index (χ4v) is 1.67. The maximum absolute atomic E-state index is 12.2. The SMILES string of the molecule is NC(=O)COc1ccccc1C(=O)Nc1ccc(Cl)cn1. The molecule has 0 saturated carbocycles. The zero-order valence-electron chi connectivity index (χ0n) is 10.9. The number of halogens is 1. The maximum Gasteiger partial charge on any atom is 0.260 e. The molecule has 0 aliphatic carbocycles. The Morgan fingerprint density at radius 1 is 1.24 bits per heavy atom. The molecular formula is C14H12ClN3O3. The summed E-state index contributed by atoms with van der Waals surface area (Å²) in [4.78, 5) is 26.9. The molecule has 0 aliphatic rings. The molecule has 0 fully saturated rings. The Balaban J connectivity index is 2.14. The fraction of sp³-hybridized carbons (Fsp3) is 0.0714. The van der Waals surface area contributed by atoms with E-state index in [-0.39, 0.29) is 17.9 Å². The molecular weight excluding hydrogens is 294 g/mol. The number of rotatable bonds is 5. The van der Waals surface area contributed by atoms with Crippen molar-refractivity contribution in [2.75, 3.05) is 11.9 Å². The standard InChI is InChI=1S/C14H12ClN3O3/c15-9-5-6-13(17-7-9)18-14(20)10-3-1-2-4-11(10)21-8-12(16)19/h1-7H,8H2,(H2,16,19)(H,17,18,20). The van der Waals surface area contributed by atoms with E-state index in [9.17, 15) is 9.59 Å². The Hall–Kier alpha value is -2.60. The summed E-state index contributed by atoms with van der Waals surface area (Å²) in [6, 6.07) is 9.70. The van der Waals surface area contributed by atoms with Crippen molar-refractivity contribution in [3.05, 3.63) is 53.2 Å². The average Bonchev–Trinajstić information content (AvgIpc) is 2.47. The van der Waals surface area contributed by atoms with E-state index in [0.29, 0.717) is 10.8 Å². The summed E-state index contributed by atoms with van der Waals surface area (Å²) < 4.78 is 5.20. The van der Waals surface area contributed by atoms with Gasteiger partial charge in [-0.2, -0.15) is 0 Å². The number of benzene rings is 1. The lowest BCUT2D eigenvalue weighted by Crippen LogP contribution is -2.21. The van der Waals surface area contributed by atoms with Gasteiger partial charge in [0.15, 0.2) is 6.61 Å². The number of nitrogens with one attached hydrogen (secondary N) is 1. The van der Waals surface area contributed by atoms with Crippen molar-refractivity contribution in [2.24, 2.45) is 5.73 Å². The molecule has 6 nitrogen and oxygen atoms in total. The number of aromatic nitrogens is 1. The minimum atomic E-state index is -0.621. The molecule has 0 aliphatic heterocycles. The number of nitrogens with two attached hydrogens (primary N) is 1. The molecule has 21 heavy (non-hydrogen) atoms. The van der Waals surface area contributed by atoms with Gasteiger partial charge < -0.3 is 15.8 Å². The number of hydrogen-bond acceptors (Lipinski definition) is 4. The molecule has 0 spiro atoms. The molecule has 3 N–H and O–H groups in total. The van der Waals surface area contributed by atoms with Crippen LogP contribution in [0.25, 0.3) is 0 Å². The number of hydrogen-bond donors (Lipinski definition) is 2. The number of carbonyl (C=O) groups is 2. The van der Waals surface area contributed by atoms with Crippen LogP contribution in [0, 0.1) is 0 Å². The van der Waals surface area contributed by atoms with Crippen LogP contribution in [0.1, 0.15) is 10.4 Å². The molecule has 0 saturated heterocycles. The first-order chi connectivity index (χ1) is 10.1. The zero-order chi connectivity index (χ0) is 15.2. The van der Waals surface area contributed by atoms with Crippen LogP contribution in [0.3, 0.4) is 0 Å². The van der Waals surface area contributed by atoms with E-state index >= 15 is 0 Å². The van der Waals surface area contributed by atoms with Crippen LogP contribution in [-0.4, -0.2) is 23.4 Å². The van der Waals surface area contributed by atoms with Crippen LogP contribution in [0.4, 0.5) is 5.82 Å². The Bertz CT molecular complexity index is 659. The van der Waals surface area contributed by atoms with E-state index in [4.69, 9.17) is 22.1 Å². The summed E-state index contributed by atoms with van der Waals surface area (Å²) in [5.74, 6) is -0.411. The highest BCUT2D eigenvalue weighted by Crippen LogP contribution is 2.19. The van der Waals surface area contributed by atoms with E-state index in [0.717, 1.165) is 0 Å². The minimum Gasteiger partial charge on any atom is -0.483 e. The number of pyridine rings is 1. The average molecular weight is 306 g/mol. The van der Waals surface area contributed by atoms with Gasteiger partial charge in [-0.1, -0.05) is 23.7 Å². The molecule has 2 rings (SSSR count). The van der Waals surface area contributed by atoms with Gasteiger partial charge in [0.2, 0.25) is 0 Å². The van der Waals surface area contributed by atoms with Crippen molar-refractivity contribution in [2.45, 2.75) is 0 Å². The number of para-hydroxylation sites is 1. The van der Waals surface area contributed by atoms with Gasteiger partial charge in [0, 0.05) is 6.20 Å². The number of carbonyl (C=O) groups excluding carboxylic acids is 2. The Morgan fingerprint density at radius 2 is 2.00 bits per heavy atom. The molecule has 2 amide bonds. The number of anilines is 1. The third-order valence-electron chi connectivity index (χ3n) is 2.47. The third-order valence-corrected chi connectivity index (χ3v) is 2.69. The second-order valence-electron chi connectivity index (χ2n) is 4.07. The smallest absolute Gasteiger partial charge is 0.260 e. The van der Waals surface area contributed by atoms with Crippen LogP contribution in [0.15, 0.2) is 42.6 Å². The first-order valence-corrected chi connectivity index (χ1v) is 6.37. The lowest BCUT2D eigenvalue weighted by Gasteiger charge is -2.10. The lowest BCUT2D eigenvalue weighted by molar-refractivity contribution is -0.119. The van der Waals surface area contributed by atoms with Crippen molar-refractivity contribution < 1.29 is 14.3 Å². The molecule has 1 aromatic heterocycles. The van der Waals surface area contributed by atoms with Crippen LogP contribution in [0.2, 0.25) is 5.02 Å². The van der Waals surface area contributed by atoms with Crippen molar-refractivity contribution in [1.82, 2.24) is 4.98 Å². The number of amides is 2. The highest BCUT2D eigenvalue weighted by atomic mass is 35.5. The van der Waals surface area contributed by atoms with Gasteiger partial charge in [0.1, 0.15) is 11.6 Å². The van der Waals surface area contributed by atoms with Crippen molar-refractivity contribution >= 4 is 29.2 Å². The maximum atomic E-state index is 12.2. The van der Waals surface area contributed by atoms with Crippen molar-refractivity contribution in [3.8, 4) is 5.75 Å². The Kier molecular flexibility index (Phi) is 4.73. The number of primary amides is 1. The largest absolute Gasteiger partial charge is 0.483 e. The van der Waals surface area contributed by atoms with E-state index in [1.807, 2.05) is 0 Å². The minimum absolute atomic E-state index is 0.266. The van der Waals surface area contributed by atoms with Gasteiger partial charge in [-0.05, 0) is 24.3 Å². The van der Waals surface area contributed by atoms with E-state index < -0.39 is 11.8 Å². The van der Waals surface area contributed by atoms with Gasteiger partial charge in [-0.15, -0.1) is 0 Å². The van der Waals surface area contributed by atoms with E-state index in [1.54, 1.807) is 36.4 Å². The van der Waals surface area contributed by atoms with Crippen LogP contribution < -0.4 is 15.8 Å². The molecule has 1 heterocycles. The topological polar surface area (TPSA) is 94.3 Å². The number of ether oxygens (including phenoxy) is 1. The van der Waals surface area contributed by atoms with Gasteiger partial charge in [-0.25, -0.2) is 4.98 Å². The van der Waals surface area contributed by atoms with Gasteiger partial charge >= 0.3 is 0 Å². The normalized spacial score (nSPS) is 9.95. The first-order valence-electron chi connectivity index (χ1n) is 5.99. The second kappa shape index (κ2) is 6.71. The molecule has 0 bridgehead atoms. The predicted molar refractivity (Wildman–Crippen MR) is 78.3 cm³/mol. The summed E-state index contributed by atoms with van der Waals surface area (Å²) in [7, 11) is 0. The van der Waals surface area contributed by atoms with Crippen molar-refractivity contribution in [1.29, 1.82) is 0 Å². The highest BCUT2D eigenvalue weighted by molar-refractivity contribution is 6.30. The molecule has 1 aromatic carbocycles. The molecule has 2 aromatic rings.